The van der Waals surface area contributed by atoms with Crippen molar-refractivity contribution < 1.29 is 13.9 Å². The van der Waals surface area contributed by atoms with E-state index in [1.165, 1.54) is 6.07 Å². The van der Waals surface area contributed by atoms with Crippen LogP contribution in [0.2, 0.25) is 0 Å². The summed E-state index contributed by atoms with van der Waals surface area (Å²) in [7, 11) is 1.67. The van der Waals surface area contributed by atoms with Crippen LogP contribution in [0.15, 0.2) is 24.3 Å². The zero-order valence-electron chi connectivity index (χ0n) is 13.4. The number of ketones is 1. The van der Waals surface area contributed by atoms with Crippen LogP contribution in [0.3, 0.4) is 0 Å². The SMILES string of the molecule is CCC(C)N(CCOC)CC(C)C(=O)c1ccccc1F. The Morgan fingerprint density at radius 2 is 2.00 bits per heavy atom. The van der Waals surface area contributed by atoms with Crippen LogP contribution in [-0.2, 0) is 4.74 Å². The molecule has 0 aromatic heterocycles. The lowest BCUT2D eigenvalue weighted by molar-refractivity contribution is 0.0812. The molecule has 0 saturated heterocycles. The van der Waals surface area contributed by atoms with Crippen LogP contribution in [0.4, 0.5) is 4.39 Å². The average molecular weight is 295 g/mol. The van der Waals surface area contributed by atoms with Gasteiger partial charge in [0.15, 0.2) is 5.78 Å². The largest absolute Gasteiger partial charge is 0.383 e. The van der Waals surface area contributed by atoms with Crippen molar-refractivity contribution in [3.05, 3.63) is 35.6 Å². The highest BCUT2D eigenvalue weighted by atomic mass is 19.1. The predicted molar refractivity (Wildman–Crippen MR) is 83.1 cm³/mol. The number of rotatable bonds is 9. The molecule has 0 fully saturated rings. The quantitative estimate of drug-likeness (QED) is 0.654. The van der Waals surface area contributed by atoms with Gasteiger partial charge in [0.25, 0.3) is 0 Å². The van der Waals surface area contributed by atoms with E-state index in [1.54, 1.807) is 25.3 Å². The van der Waals surface area contributed by atoms with Gasteiger partial charge in [0, 0.05) is 32.2 Å². The van der Waals surface area contributed by atoms with Gasteiger partial charge in [0.2, 0.25) is 0 Å². The molecule has 1 aromatic rings. The van der Waals surface area contributed by atoms with Crippen molar-refractivity contribution in [3.63, 3.8) is 0 Å². The van der Waals surface area contributed by atoms with E-state index in [2.05, 4.69) is 18.7 Å². The molecular formula is C17H26FNO2. The fraction of sp³-hybridized carbons (Fsp3) is 0.588. The Morgan fingerprint density at radius 1 is 1.33 bits per heavy atom. The molecular weight excluding hydrogens is 269 g/mol. The van der Waals surface area contributed by atoms with Gasteiger partial charge in [-0.2, -0.15) is 0 Å². The Kier molecular flexibility index (Phi) is 7.54. The molecule has 0 amide bonds. The van der Waals surface area contributed by atoms with Crippen molar-refractivity contribution >= 4 is 5.78 Å². The molecule has 0 aliphatic carbocycles. The molecule has 0 heterocycles. The van der Waals surface area contributed by atoms with Crippen LogP contribution < -0.4 is 0 Å². The third-order valence-corrected chi connectivity index (χ3v) is 3.89. The summed E-state index contributed by atoms with van der Waals surface area (Å²) < 4.78 is 18.8. The molecule has 21 heavy (non-hydrogen) atoms. The maximum Gasteiger partial charge on any atom is 0.169 e. The monoisotopic (exact) mass is 295 g/mol. The Balaban J connectivity index is 2.74. The first kappa shape index (κ1) is 17.8. The molecule has 1 rings (SSSR count). The van der Waals surface area contributed by atoms with Crippen molar-refractivity contribution in [2.24, 2.45) is 5.92 Å². The first-order chi connectivity index (χ1) is 10.0. The second-order valence-corrected chi connectivity index (χ2v) is 5.49. The first-order valence-electron chi connectivity index (χ1n) is 7.53. The highest BCUT2D eigenvalue weighted by molar-refractivity contribution is 5.98. The Morgan fingerprint density at radius 3 is 2.57 bits per heavy atom. The Labute approximate surface area is 127 Å². The van der Waals surface area contributed by atoms with Gasteiger partial charge in [-0.15, -0.1) is 0 Å². The van der Waals surface area contributed by atoms with Crippen molar-refractivity contribution in [2.45, 2.75) is 33.2 Å². The van der Waals surface area contributed by atoms with Crippen LogP contribution in [0.5, 0.6) is 0 Å². The second kappa shape index (κ2) is 8.90. The lowest BCUT2D eigenvalue weighted by atomic mass is 9.97. The molecule has 0 bridgehead atoms. The van der Waals surface area contributed by atoms with Gasteiger partial charge in [0.1, 0.15) is 5.82 Å². The van der Waals surface area contributed by atoms with Gasteiger partial charge in [-0.3, -0.25) is 9.69 Å². The highest BCUT2D eigenvalue weighted by Gasteiger charge is 2.22. The summed E-state index contributed by atoms with van der Waals surface area (Å²) in [5, 5.41) is 0. The number of hydrogen-bond donors (Lipinski definition) is 0. The number of halogens is 1. The number of carbonyl (C=O) groups is 1. The molecule has 1 aromatic carbocycles. The van der Waals surface area contributed by atoms with E-state index in [-0.39, 0.29) is 17.3 Å². The molecule has 2 unspecified atom stereocenters. The number of hydrogen-bond acceptors (Lipinski definition) is 3. The zero-order chi connectivity index (χ0) is 15.8. The Bertz CT molecular complexity index is 450. The predicted octanol–water partition coefficient (Wildman–Crippen LogP) is 3.39. The topological polar surface area (TPSA) is 29.5 Å². The minimum Gasteiger partial charge on any atom is -0.383 e. The summed E-state index contributed by atoms with van der Waals surface area (Å²) in [6.07, 6.45) is 1.00. The molecule has 3 nitrogen and oxygen atoms in total. The number of ether oxygens (including phenoxy) is 1. The summed E-state index contributed by atoms with van der Waals surface area (Å²) in [4.78, 5) is 14.6. The lowest BCUT2D eigenvalue weighted by Crippen LogP contribution is -2.40. The zero-order valence-corrected chi connectivity index (χ0v) is 13.4. The number of Topliss-reactive ketones (excluding diaryl/α,β-unsaturated/α-hetero) is 1. The maximum absolute atomic E-state index is 13.7. The lowest BCUT2D eigenvalue weighted by Gasteiger charge is -2.30. The summed E-state index contributed by atoms with van der Waals surface area (Å²) in [5.74, 6) is -0.826. The minimum absolute atomic E-state index is 0.140. The molecule has 0 aliphatic rings. The van der Waals surface area contributed by atoms with Gasteiger partial charge in [-0.05, 0) is 25.5 Å². The van der Waals surface area contributed by atoms with E-state index in [9.17, 15) is 9.18 Å². The average Bonchev–Trinajstić information content (AvgIpc) is 2.50. The summed E-state index contributed by atoms with van der Waals surface area (Å²) >= 11 is 0. The van der Waals surface area contributed by atoms with Gasteiger partial charge >= 0.3 is 0 Å². The summed E-state index contributed by atoms with van der Waals surface area (Å²) in [5.41, 5.74) is 0.181. The van der Waals surface area contributed by atoms with Crippen LogP contribution >= 0.6 is 0 Å². The second-order valence-electron chi connectivity index (χ2n) is 5.49. The van der Waals surface area contributed by atoms with Crippen LogP contribution in [0.1, 0.15) is 37.6 Å². The molecule has 0 aliphatic heterocycles. The van der Waals surface area contributed by atoms with Crippen molar-refractivity contribution in [1.29, 1.82) is 0 Å². The molecule has 0 radical (unpaired) electrons. The van der Waals surface area contributed by atoms with E-state index in [1.807, 2.05) is 6.92 Å². The molecule has 0 saturated carbocycles. The van der Waals surface area contributed by atoms with Gasteiger partial charge in [-0.25, -0.2) is 4.39 Å². The first-order valence-corrected chi connectivity index (χ1v) is 7.53. The molecule has 2 atom stereocenters. The smallest absolute Gasteiger partial charge is 0.169 e. The van der Waals surface area contributed by atoms with Gasteiger partial charge in [0.05, 0.1) is 12.2 Å². The van der Waals surface area contributed by atoms with Crippen molar-refractivity contribution in [1.82, 2.24) is 4.90 Å². The fourth-order valence-electron chi connectivity index (χ4n) is 2.32. The van der Waals surface area contributed by atoms with E-state index in [0.717, 1.165) is 13.0 Å². The van der Waals surface area contributed by atoms with Gasteiger partial charge < -0.3 is 4.74 Å². The molecule has 0 N–H and O–H groups in total. The molecule has 0 spiro atoms. The minimum atomic E-state index is -0.443. The van der Waals surface area contributed by atoms with E-state index in [0.29, 0.717) is 19.2 Å². The fourth-order valence-corrected chi connectivity index (χ4v) is 2.32. The van der Waals surface area contributed by atoms with E-state index >= 15 is 0 Å². The summed E-state index contributed by atoms with van der Waals surface area (Å²) in [6.45, 7) is 8.14. The van der Waals surface area contributed by atoms with Crippen LogP contribution in [-0.4, -0.2) is 43.5 Å². The number of methoxy groups -OCH3 is 1. The molecule has 4 heteroatoms. The summed E-state index contributed by atoms with van der Waals surface area (Å²) in [6, 6.07) is 6.55. The van der Waals surface area contributed by atoms with E-state index < -0.39 is 5.82 Å². The Hall–Kier alpha value is -1.26. The number of nitrogens with zero attached hydrogens (tertiary/aromatic N) is 1. The third-order valence-electron chi connectivity index (χ3n) is 3.89. The maximum atomic E-state index is 13.7. The van der Waals surface area contributed by atoms with Crippen molar-refractivity contribution in [2.75, 3.05) is 26.8 Å². The number of benzene rings is 1. The normalized spacial score (nSPS) is 14.2. The van der Waals surface area contributed by atoms with Crippen molar-refractivity contribution in [3.8, 4) is 0 Å². The third kappa shape index (κ3) is 5.21. The van der Waals surface area contributed by atoms with E-state index in [4.69, 9.17) is 4.74 Å². The highest BCUT2D eigenvalue weighted by Crippen LogP contribution is 2.15. The van der Waals surface area contributed by atoms with Gasteiger partial charge in [-0.1, -0.05) is 26.0 Å². The standard InChI is InChI=1S/C17H26FNO2/c1-5-14(3)19(10-11-21-4)12-13(2)17(20)15-8-6-7-9-16(15)18/h6-9,13-14H,5,10-12H2,1-4H3. The number of carbonyl (C=O) groups excluding carboxylic acids is 1. The van der Waals surface area contributed by atoms with Crippen LogP contribution in [0.25, 0.3) is 0 Å². The van der Waals surface area contributed by atoms with Crippen LogP contribution in [0, 0.1) is 11.7 Å². The molecule has 118 valence electrons.